The molecular weight excluding hydrogens is 466 g/mol. The highest BCUT2D eigenvalue weighted by Gasteiger charge is 2.34. The Morgan fingerprint density at radius 1 is 1.06 bits per heavy atom. The molecule has 0 saturated carbocycles. The van der Waals surface area contributed by atoms with E-state index in [9.17, 15) is 19.5 Å². The molecule has 4 rings (SSSR count). The maximum Gasteiger partial charge on any atom is 0.335 e. The number of carbonyl (C=O) groups excluding carboxylic acids is 2. The topological polar surface area (TPSA) is 101 Å². The molecule has 2 aromatic carbocycles. The molecule has 0 aliphatic carbocycles. The number of carboxylic acids is 1. The van der Waals surface area contributed by atoms with Crippen molar-refractivity contribution in [2.45, 2.75) is 20.8 Å². The number of ether oxygens (including phenoxy) is 1. The van der Waals surface area contributed by atoms with Gasteiger partial charge < -0.3 is 14.4 Å². The monoisotopic (exact) mass is 489 g/mol. The molecule has 8 nitrogen and oxygen atoms in total. The van der Waals surface area contributed by atoms with E-state index in [4.69, 9.17) is 17.0 Å². The predicted octanol–water partition coefficient (Wildman–Crippen LogP) is 3.94. The van der Waals surface area contributed by atoms with E-state index in [-0.39, 0.29) is 16.2 Å². The number of aromatic carboxylic acids is 1. The molecule has 1 saturated heterocycles. The van der Waals surface area contributed by atoms with Crippen molar-refractivity contribution in [3.63, 3.8) is 0 Å². The summed E-state index contributed by atoms with van der Waals surface area (Å²) in [6, 6.07) is 13.6. The third-order valence-corrected chi connectivity index (χ3v) is 6.17. The van der Waals surface area contributed by atoms with Crippen molar-refractivity contribution in [1.29, 1.82) is 0 Å². The number of amides is 2. The molecule has 0 atom stereocenters. The van der Waals surface area contributed by atoms with E-state index in [2.05, 4.69) is 5.32 Å². The van der Waals surface area contributed by atoms with Gasteiger partial charge in [-0.2, -0.15) is 0 Å². The lowest BCUT2D eigenvalue weighted by Crippen LogP contribution is -2.54. The first-order valence-corrected chi connectivity index (χ1v) is 11.1. The number of hydrogen-bond acceptors (Lipinski definition) is 5. The van der Waals surface area contributed by atoms with Gasteiger partial charge in [-0.3, -0.25) is 19.8 Å². The van der Waals surface area contributed by atoms with Crippen LogP contribution < -0.4 is 15.0 Å². The SMILES string of the molecule is COc1ccc(N2C(=O)C(=Cc3cc(C)n(-c4ccc(C(=O)O)cc4C)c3C)C(=O)NC2=S)cc1. The summed E-state index contributed by atoms with van der Waals surface area (Å²) in [7, 11) is 1.55. The van der Waals surface area contributed by atoms with Gasteiger partial charge in [0.15, 0.2) is 5.11 Å². The van der Waals surface area contributed by atoms with E-state index < -0.39 is 17.8 Å². The molecular formula is C26H23N3O5S. The number of benzene rings is 2. The van der Waals surface area contributed by atoms with Crippen molar-refractivity contribution in [2.24, 2.45) is 0 Å². The summed E-state index contributed by atoms with van der Waals surface area (Å²) in [5, 5.41) is 11.9. The van der Waals surface area contributed by atoms with E-state index in [0.29, 0.717) is 17.0 Å². The first kappa shape index (κ1) is 23.9. The molecule has 1 aromatic heterocycles. The van der Waals surface area contributed by atoms with Crippen LogP contribution in [-0.2, 0) is 9.59 Å². The number of anilines is 1. The van der Waals surface area contributed by atoms with Gasteiger partial charge in [0, 0.05) is 17.1 Å². The zero-order valence-corrected chi connectivity index (χ0v) is 20.4. The number of aromatic nitrogens is 1. The Kier molecular flexibility index (Phi) is 6.27. The van der Waals surface area contributed by atoms with E-state index in [0.717, 1.165) is 22.6 Å². The Morgan fingerprint density at radius 3 is 2.34 bits per heavy atom. The van der Waals surface area contributed by atoms with Crippen LogP contribution >= 0.6 is 12.2 Å². The Morgan fingerprint density at radius 2 is 1.74 bits per heavy atom. The molecule has 1 aliphatic rings. The molecule has 0 radical (unpaired) electrons. The average Bonchev–Trinajstić information content (AvgIpc) is 3.09. The molecule has 1 aliphatic heterocycles. The number of methoxy groups -OCH3 is 1. The van der Waals surface area contributed by atoms with Crippen LogP contribution in [0.15, 0.2) is 54.1 Å². The average molecular weight is 490 g/mol. The van der Waals surface area contributed by atoms with Crippen molar-refractivity contribution in [3.8, 4) is 11.4 Å². The summed E-state index contributed by atoms with van der Waals surface area (Å²) in [6.45, 7) is 5.62. The fourth-order valence-electron chi connectivity index (χ4n) is 4.12. The lowest BCUT2D eigenvalue weighted by atomic mass is 10.1. The highest BCUT2D eigenvalue weighted by molar-refractivity contribution is 7.80. The van der Waals surface area contributed by atoms with Crippen LogP contribution in [0.2, 0.25) is 0 Å². The number of rotatable bonds is 5. The molecule has 9 heteroatoms. The van der Waals surface area contributed by atoms with Crippen LogP contribution in [0.3, 0.4) is 0 Å². The molecule has 178 valence electrons. The lowest BCUT2D eigenvalue weighted by Gasteiger charge is -2.29. The molecule has 2 N–H and O–H groups in total. The van der Waals surface area contributed by atoms with Crippen molar-refractivity contribution >= 4 is 46.9 Å². The normalized spacial score (nSPS) is 14.9. The van der Waals surface area contributed by atoms with E-state index in [1.807, 2.05) is 31.4 Å². The fraction of sp³-hybridized carbons (Fsp3) is 0.154. The number of carboxylic acid groups (broad SMARTS) is 1. The zero-order valence-electron chi connectivity index (χ0n) is 19.6. The quantitative estimate of drug-likeness (QED) is 0.320. The summed E-state index contributed by atoms with van der Waals surface area (Å²) >= 11 is 5.27. The van der Waals surface area contributed by atoms with Crippen molar-refractivity contribution in [2.75, 3.05) is 12.0 Å². The summed E-state index contributed by atoms with van der Waals surface area (Å²) < 4.78 is 7.13. The third kappa shape index (κ3) is 4.33. The second kappa shape index (κ2) is 9.19. The number of aryl methyl sites for hydroxylation is 2. The molecule has 1 fully saturated rings. The number of nitrogens with one attached hydrogen (secondary N) is 1. The van der Waals surface area contributed by atoms with Crippen LogP contribution in [0.5, 0.6) is 5.75 Å². The third-order valence-electron chi connectivity index (χ3n) is 5.89. The van der Waals surface area contributed by atoms with Gasteiger partial charge in [0.1, 0.15) is 11.3 Å². The minimum absolute atomic E-state index is 0.00179. The maximum atomic E-state index is 13.3. The predicted molar refractivity (Wildman–Crippen MR) is 136 cm³/mol. The van der Waals surface area contributed by atoms with Gasteiger partial charge in [0.25, 0.3) is 11.8 Å². The van der Waals surface area contributed by atoms with Gasteiger partial charge in [0.05, 0.1) is 18.4 Å². The minimum atomic E-state index is -0.993. The van der Waals surface area contributed by atoms with Gasteiger partial charge >= 0.3 is 5.97 Å². The second-order valence-electron chi connectivity index (χ2n) is 8.12. The van der Waals surface area contributed by atoms with Gasteiger partial charge in [-0.1, -0.05) is 0 Å². The maximum absolute atomic E-state index is 13.3. The fourth-order valence-corrected chi connectivity index (χ4v) is 4.40. The molecule has 0 spiro atoms. The van der Waals surface area contributed by atoms with Gasteiger partial charge in [-0.15, -0.1) is 0 Å². The molecule has 2 heterocycles. The zero-order chi connectivity index (χ0) is 25.4. The van der Waals surface area contributed by atoms with Crippen LogP contribution in [0, 0.1) is 20.8 Å². The minimum Gasteiger partial charge on any atom is -0.497 e. The van der Waals surface area contributed by atoms with E-state index >= 15 is 0 Å². The standard InChI is InChI=1S/C26H23N3O5S/c1-14-11-17(25(32)33)5-10-22(14)28-15(2)12-18(16(28)3)13-21-23(30)27-26(35)29(24(21)31)19-6-8-20(34-4)9-7-19/h5-13H,1-4H3,(H,32,33)(H,27,30,35). The number of carbonyl (C=O) groups is 3. The van der Waals surface area contributed by atoms with Crippen LogP contribution in [0.4, 0.5) is 5.69 Å². The largest absolute Gasteiger partial charge is 0.497 e. The van der Waals surface area contributed by atoms with E-state index in [1.54, 1.807) is 55.7 Å². The first-order valence-electron chi connectivity index (χ1n) is 10.7. The number of nitrogens with zero attached hydrogens (tertiary/aromatic N) is 2. The number of thiocarbonyl (C=S) groups is 1. The first-order chi connectivity index (χ1) is 16.6. The van der Waals surface area contributed by atoms with Crippen LogP contribution in [-0.4, -0.2) is 39.7 Å². The smallest absolute Gasteiger partial charge is 0.335 e. The Balaban J connectivity index is 1.74. The van der Waals surface area contributed by atoms with Crippen molar-refractivity contribution in [1.82, 2.24) is 9.88 Å². The van der Waals surface area contributed by atoms with Crippen molar-refractivity contribution < 1.29 is 24.2 Å². The Bertz CT molecular complexity index is 1420. The van der Waals surface area contributed by atoms with Gasteiger partial charge in [0.2, 0.25) is 0 Å². The molecule has 2 amide bonds. The summed E-state index contributed by atoms with van der Waals surface area (Å²) in [6.07, 6.45) is 1.55. The summed E-state index contributed by atoms with van der Waals surface area (Å²) in [5.74, 6) is -1.47. The number of hydrogen-bond donors (Lipinski definition) is 2. The Labute approximate surface area is 207 Å². The summed E-state index contributed by atoms with van der Waals surface area (Å²) in [5.41, 5.74) is 4.61. The molecule has 0 bridgehead atoms. The summed E-state index contributed by atoms with van der Waals surface area (Å²) in [4.78, 5) is 38.7. The highest BCUT2D eigenvalue weighted by atomic mass is 32.1. The molecule has 3 aromatic rings. The second-order valence-corrected chi connectivity index (χ2v) is 8.51. The van der Waals surface area contributed by atoms with Crippen LogP contribution in [0.25, 0.3) is 11.8 Å². The Hall–Kier alpha value is -4.24. The van der Waals surface area contributed by atoms with Gasteiger partial charge in [-0.05, 0) is 98.7 Å². The lowest BCUT2D eigenvalue weighted by molar-refractivity contribution is -0.122. The molecule has 0 unspecified atom stereocenters. The van der Waals surface area contributed by atoms with Crippen LogP contribution in [0.1, 0.15) is 32.9 Å². The van der Waals surface area contributed by atoms with E-state index in [1.165, 1.54) is 4.90 Å². The van der Waals surface area contributed by atoms with Gasteiger partial charge in [-0.25, -0.2) is 4.79 Å². The highest BCUT2D eigenvalue weighted by Crippen LogP contribution is 2.28. The molecule has 35 heavy (non-hydrogen) atoms. The van der Waals surface area contributed by atoms with Crippen molar-refractivity contribution in [3.05, 3.63) is 82.2 Å².